The number of benzene rings is 2. The molecule has 1 N–H and O–H groups in total. The monoisotopic (exact) mass is 237 g/mol. The van der Waals surface area contributed by atoms with Crippen LogP contribution in [0.15, 0.2) is 36.4 Å². The number of terminal acetylenes is 1. The molecule has 3 heteroatoms. The van der Waals surface area contributed by atoms with Crippen LogP contribution >= 0.6 is 0 Å². The fraction of sp³-hybridized carbons (Fsp3) is 0.133. The number of hydrogen-bond donors (Lipinski definition) is 1. The Morgan fingerprint density at radius 2 is 2.00 bits per heavy atom. The summed E-state index contributed by atoms with van der Waals surface area (Å²) in [5.74, 6) is 2.19. The fourth-order valence-corrected chi connectivity index (χ4v) is 2.45. The van der Waals surface area contributed by atoms with Crippen LogP contribution in [0.4, 0.5) is 0 Å². The van der Waals surface area contributed by atoms with Crippen LogP contribution in [0.3, 0.4) is 0 Å². The van der Waals surface area contributed by atoms with Crippen molar-refractivity contribution in [2.24, 2.45) is 0 Å². The zero-order valence-electron chi connectivity index (χ0n) is 9.63. The van der Waals surface area contributed by atoms with Gasteiger partial charge in [0.1, 0.15) is 0 Å². The van der Waals surface area contributed by atoms with Crippen molar-refractivity contribution >= 4 is 16.7 Å². The molecule has 0 radical (unpaired) electrons. The molecular weight excluding hydrogens is 226 g/mol. The minimum Gasteiger partial charge on any atom is -0.369 e. The van der Waals surface area contributed by atoms with Crippen molar-refractivity contribution in [1.82, 2.24) is 4.90 Å². The molecule has 0 aromatic heterocycles. The Balaban J connectivity index is 2.32. The normalized spacial score (nSPS) is 17.9. The molecule has 3 rings (SSSR count). The van der Waals surface area contributed by atoms with Crippen LogP contribution in [0, 0.1) is 12.3 Å². The van der Waals surface area contributed by atoms with Gasteiger partial charge in [-0.3, -0.25) is 9.69 Å². The first-order chi connectivity index (χ1) is 8.74. The molecule has 1 aliphatic rings. The standard InChI is InChI=1S/C15H11NO2/c1-2-9-16-14(17)11-7-3-5-10-6-4-8-12(13(10)11)15(16)18/h1,3-8,14,17H,9H2. The Labute approximate surface area is 105 Å². The van der Waals surface area contributed by atoms with E-state index in [0.29, 0.717) is 5.56 Å². The molecule has 1 unspecified atom stereocenters. The molecule has 88 valence electrons. The molecule has 1 heterocycles. The van der Waals surface area contributed by atoms with Gasteiger partial charge in [-0.15, -0.1) is 6.42 Å². The van der Waals surface area contributed by atoms with Crippen molar-refractivity contribution in [1.29, 1.82) is 0 Å². The van der Waals surface area contributed by atoms with Crippen molar-refractivity contribution < 1.29 is 9.90 Å². The summed E-state index contributed by atoms with van der Waals surface area (Å²) in [5.41, 5.74) is 1.33. The van der Waals surface area contributed by atoms with Crippen LogP contribution in [0.25, 0.3) is 10.8 Å². The number of nitrogens with zero attached hydrogens (tertiary/aromatic N) is 1. The summed E-state index contributed by atoms with van der Waals surface area (Å²) < 4.78 is 0. The predicted octanol–water partition coefficient (Wildman–Crippen LogP) is 1.92. The third-order valence-corrected chi connectivity index (χ3v) is 3.26. The molecule has 1 aliphatic heterocycles. The molecule has 0 fully saturated rings. The number of carbonyl (C=O) groups excluding carboxylic acids is 1. The average Bonchev–Trinajstić information content (AvgIpc) is 2.40. The number of aliphatic hydroxyl groups excluding tert-OH is 1. The summed E-state index contributed by atoms with van der Waals surface area (Å²) in [4.78, 5) is 13.6. The molecule has 2 aromatic rings. The van der Waals surface area contributed by atoms with Crippen molar-refractivity contribution in [2.75, 3.05) is 6.54 Å². The Morgan fingerprint density at radius 3 is 2.72 bits per heavy atom. The lowest BCUT2D eigenvalue weighted by atomic mass is 9.93. The maximum absolute atomic E-state index is 12.3. The van der Waals surface area contributed by atoms with E-state index >= 15 is 0 Å². The molecule has 1 atom stereocenters. The van der Waals surface area contributed by atoms with Gasteiger partial charge in [-0.1, -0.05) is 36.3 Å². The molecule has 0 bridgehead atoms. The molecule has 1 amide bonds. The number of carbonyl (C=O) groups is 1. The predicted molar refractivity (Wildman–Crippen MR) is 68.8 cm³/mol. The Hall–Kier alpha value is -2.31. The van der Waals surface area contributed by atoms with Gasteiger partial charge >= 0.3 is 0 Å². The Morgan fingerprint density at radius 1 is 1.28 bits per heavy atom. The molecule has 0 spiro atoms. The minimum absolute atomic E-state index is 0.102. The molecule has 0 saturated carbocycles. The number of rotatable bonds is 1. The second kappa shape index (κ2) is 3.86. The molecule has 18 heavy (non-hydrogen) atoms. The van der Waals surface area contributed by atoms with E-state index in [1.165, 1.54) is 4.90 Å². The highest BCUT2D eigenvalue weighted by atomic mass is 16.3. The van der Waals surface area contributed by atoms with Gasteiger partial charge in [-0.25, -0.2) is 0 Å². The van der Waals surface area contributed by atoms with E-state index in [4.69, 9.17) is 6.42 Å². The average molecular weight is 237 g/mol. The van der Waals surface area contributed by atoms with Gasteiger partial charge in [0.05, 0.1) is 6.54 Å². The summed E-state index contributed by atoms with van der Waals surface area (Å²) in [5, 5.41) is 12.0. The first-order valence-electron chi connectivity index (χ1n) is 5.68. The number of amides is 1. The van der Waals surface area contributed by atoms with Gasteiger partial charge in [0.15, 0.2) is 6.23 Å². The molecule has 2 aromatic carbocycles. The summed E-state index contributed by atoms with van der Waals surface area (Å²) in [6.07, 6.45) is 4.28. The third-order valence-electron chi connectivity index (χ3n) is 3.26. The van der Waals surface area contributed by atoms with Crippen LogP contribution in [0.5, 0.6) is 0 Å². The van der Waals surface area contributed by atoms with Crippen LogP contribution in [0.2, 0.25) is 0 Å². The summed E-state index contributed by atoms with van der Waals surface area (Å²) in [6, 6.07) is 11.2. The zero-order chi connectivity index (χ0) is 12.7. The van der Waals surface area contributed by atoms with Crippen molar-refractivity contribution in [2.45, 2.75) is 6.23 Å². The highest BCUT2D eigenvalue weighted by molar-refractivity contribution is 6.10. The van der Waals surface area contributed by atoms with Gasteiger partial charge in [0.25, 0.3) is 5.91 Å². The minimum atomic E-state index is -0.966. The second-order valence-electron chi connectivity index (χ2n) is 4.26. The zero-order valence-corrected chi connectivity index (χ0v) is 9.63. The molecule has 0 aliphatic carbocycles. The fourth-order valence-electron chi connectivity index (χ4n) is 2.45. The lowest BCUT2D eigenvalue weighted by Gasteiger charge is -2.32. The van der Waals surface area contributed by atoms with Crippen LogP contribution in [-0.2, 0) is 0 Å². The first kappa shape index (κ1) is 10.8. The third kappa shape index (κ3) is 1.33. The molecular formula is C15H11NO2. The van der Waals surface area contributed by atoms with E-state index in [1.807, 2.05) is 30.3 Å². The first-order valence-corrected chi connectivity index (χ1v) is 5.68. The Bertz CT molecular complexity index is 679. The highest BCUT2D eigenvalue weighted by Gasteiger charge is 2.31. The van der Waals surface area contributed by atoms with Crippen molar-refractivity contribution in [3.05, 3.63) is 47.5 Å². The van der Waals surface area contributed by atoms with E-state index in [-0.39, 0.29) is 12.5 Å². The number of hydrogen-bond acceptors (Lipinski definition) is 2. The SMILES string of the molecule is C#CCN1C(=O)c2cccc3cccc(c23)C1O. The summed E-state index contributed by atoms with van der Waals surface area (Å²) in [7, 11) is 0. The van der Waals surface area contributed by atoms with Gasteiger partial charge in [-0.2, -0.15) is 0 Å². The number of aliphatic hydroxyl groups is 1. The Kier molecular flexibility index (Phi) is 2.32. The van der Waals surface area contributed by atoms with Crippen LogP contribution in [0.1, 0.15) is 22.1 Å². The van der Waals surface area contributed by atoms with Crippen molar-refractivity contribution in [3.63, 3.8) is 0 Å². The largest absolute Gasteiger partial charge is 0.369 e. The van der Waals surface area contributed by atoms with Gasteiger partial charge < -0.3 is 5.11 Å². The van der Waals surface area contributed by atoms with E-state index < -0.39 is 6.23 Å². The summed E-state index contributed by atoms with van der Waals surface area (Å²) in [6.45, 7) is 0.102. The maximum atomic E-state index is 12.3. The second-order valence-corrected chi connectivity index (χ2v) is 4.26. The van der Waals surface area contributed by atoms with E-state index in [1.54, 1.807) is 6.07 Å². The van der Waals surface area contributed by atoms with E-state index in [9.17, 15) is 9.90 Å². The quantitative estimate of drug-likeness (QED) is 0.770. The molecule has 0 saturated heterocycles. The van der Waals surface area contributed by atoms with Gasteiger partial charge in [0, 0.05) is 16.5 Å². The van der Waals surface area contributed by atoms with Crippen LogP contribution in [-0.4, -0.2) is 22.5 Å². The van der Waals surface area contributed by atoms with Gasteiger partial charge in [-0.05, 0) is 11.5 Å². The summed E-state index contributed by atoms with van der Waals surface area (Å²) >= 11 is 0. The molecule has 3 nitrogen and oxygen atoms in total. The van der Waals surface area contributed by atoms with Crippen LogP contribution < -0.4 is 0 Å². The highest BCUT2D eigenvalue weighted by Crippen LogP contribution is 2.35. The van der Waals surface area contributed by atoms with E-state index in [0.717, 1.165) is 16.3 Å². The maximum Gasteiger partial charge on any atom is 0.257 e. The topological polar surface area (TPSA) is 40.5 Å². The van der Waals surface area contributed by atoms with Crippen molar-refractivity contribution in [3.8, 4) is 12.3 Å². The van der Waals surface area contributed by atoms with Gasteiger partial charge in [0.2, 0.25) is 0 Å². The lowest BCUT2D eigenvalue weighted by Crippen LogP contribution is -2.38. The smallest absolute Gasteiger partial charge is 0.257 e. The lowest BCUT2D eigenvalue weighted by molar-refractivity contribution is 0.0113. The van der Waals surface area contributed by atoms with E-state index in [2.05, 4.69) is 5.92 Å².